The summed E-state index contributed by atoms with van der Waals surface area (Å²) in [6.45, 7) is 4.31. The number of amides is 3. The van der Waals surface area contributed by atoms with Gasteiger partial charge < -0.3 is 10.1 Å². The third kappa shape index (κ3) is 7.84. The van der Waals surface area contributed by atoms with Crippen molar-refractivity contribution in [1.82, 2.24) is 20.1 Å². The number of hydrogen-bond donors (Lipinski definition) is 1. The van der Waals surface area contributed by atoms with E-state index in [1.807, 2.05) is 56.3 Å². The molecule has 0 saturated carbocycles. The number of aryl methyl sites for hydroxylation is 3. The smallest absolute Gasteiger partial charge is 0.406 e. The largest absolute Gasteiger partial charge is 0.573 e. The first-order valence-corrected chi connectivity index (χ1v) is 14.8. The summed E-state index contributed by atoms with van der Waals surface area (Å²) >= 11 is 1.25. The molecule has 0 radical (unpaired) electrons. The Hall–Kier alpha value is -4.65. The number of carbonyl (C=O) groups excluding carboxylic acids is 2. The minimum absolute atomic E-state index is 0.104. The van der Waals surface area contributed by atoms with E-state index in [-0.39, 0.29) is 17.4 Å². The van der Waals surface area contributed by atoms with Crippen molar-refractivity contribution in [1.29, 1.82) is 0 Å². The van der Waals surface area contributed by atoms with Crippen molar-refractivity contribution in [2.45, 2.75) is 39.5 Å². The Labute approximate surface area is 256 Å². The van der Waals surface area contributed by atoms with E-state index in [0.29, 0.717) is 23.2 Å². The van der Waals surface area contributed by atoms with Crippen molar-refractivity contribution < 1.29 is 27.5 Å². The summed E-state index contributed by atoms with van der Waals surface area (Å²) in [5.74, 6) is 0.300. The SMILES string of the molecule is Cc1ccc(C)c(N2C(=O)CSC2=NC(=O)NCCCCc2cccc(-c3ncn(-c4ccc(OC(F)(F)F)cc4)n3)c2)c1. The van der Waals surface area contributed by atoms with Crippen LogP contribution in [0.3, 0.4) is 0 Å². The number of nitrogens with zero attached hydrogens (tertiary/aromatic N) is 5. The minimum Gasteiger partial charge on any atom is -0.406 e. The lowest BCUT2D eigenvalue weighted by molar-refractivity contribution is -0.274. The van der Waals surface area contributed by atoms with E-state index >= 15 is 0 Å². The van der Waals surface area contributed by atoms with Gasteiger partial charge in [0.05, 0.1) is 17.1 Å². The Bertz CT molecular complexity index is 1690. The van der Waals surface area contributed by atoms with Crippen molar-refractivity contribution >= 4 is 34.6 Å². The molecule has 0 unspecified atom stereocenters. The number of unbranched alkanes of at least 4 members (excludes halogenated alkanes) is 1. The Kier molecular flexibility index (Phi) is 9.33. The average Bonchev–Trinajstić information content (AvgIpc) is 3.61. The highest BCUT2D eigenvalue weighted by molar-refractivity contribution is 8.15. The van der Waals surface area contributed by atoms with Crippen LogP contribution in [0.25, 0.3) is 17.1 Å². The minimum atomic E-state index is -4.75. The molecule has 9 nitrogen and oxygen atoms in total. The zero-order valence-corrected chi connectivity index (χ0v) is 24.8. The summed E-state index contributed by atoms with van der Waals surface area (Å²) in [6.07, 6.45) is -0.943. The summed E-state index contributed by atoms with van der Waals surface area (Å²) < 4.78 is 42.6. The maximum absolute atomic E-state index is 12.5. The molecule has 1 N–H and O–H groups in total. The second-order valence-corrected chi connectivity index (χ2v) is 11.1. The molecule has 1 saturated heterocycles. The van der Waals surface area contributed by atoms with E-state index in [1.165, 1.54) is 51.9 Å². The van der Waals surface area contributed by atoms with Gasteiger partial charge in [0.1, 0.15) is 12.1 Å². The number of amidine groups is 1. The first kappa shape index (κ1) is 30.8. The molecule has 0 bridgehead atoms. The molecule has 44 heavy (non-hydrogen) atoms. The Morgan fingerprint density at radius 3 is 2.64 bits per heavy atom. The fourth-order valence-electron chi connectivity index (χ4n) is 4.60. The first-order chi connectivity index (χ1) is 21.1. The van der Waals surface area contributed by atoms with E-state index < -0.39 is 12.4 Å². The molecule has 4 aromatic rings. The summed E-state index contributed by atoms with van der Waals surface area (Å²) in [5.41, 5.74) is 5.11. The van der Waals surface area contributed by atoms with Crippen LogP contribution in [0.15, 0.2) is 78.0 Å². The van der Waals surface area contributed by atoms with Gasteiger partial charge in [-0.15, -0.1) is 18.3 Å². The quantitative estimate of drug-likeness (QED) is 0.211. The number of urea groups is 1. The number of rotatable bonds is 9. The average molecular weight is 623 g/mol. The predicted octanol–water partition coefficient (Wildman–Crippen LogP) is 6.62. The standard InChI is InChI=1S/C31H29F3N6O3S/c1-20-9-10-21(2)26(16-20)40-27(41)18-44-30(40)37-29(42)35-15-4-3-6-22-7-5-8-23(17-22)28-36-19-39(38-28)24-11-13-25(14-12-24)43-31(32,33)34/h5,7-14,16-17,19H,3-4,6,15,18H2,1-2H3,(H,35,42). The van der Waals surface area contributed by atoms with E-state index in [1.54, 1.807) is 0 Å². The first-order valence-electron chi connectivity index (χ1n) is 13.8. The van der Waals surface area contributed by atoms with Gasteiger partial charge in [-0.25, -0.2) is 14.5 Å². The molecule has 0 spiro atoms. The van der Waals surface area contributed by atoms with Crippen molar-refractivity contribution in [2.24, 2.45) is 4.99 Å². The van der Waals surface area contributed by atoms with Gasteiger partial charge in [0.2, 0.25) is 5.91 Å². The van der Waals surface area contributed by atoms with E-state index in [4.69, 9.17) is 0 Å². The van der Waals surface area contributed by atoms with Crippen molar-refractivity contribution in [3.63, 3.8) is 0 Å². The molecule has 13 heteroatoms. The van der Waals surface area contributed by atoms with Gasteiger partial charge in [-0.3, -0.25) is 9.69 Å². The van der Waals surface area contributed by atoms with Crippen LogP contribution in [0, 0.1) is 13.8 Å². The Morgan fingerprint density at radius 1 is 1.07 bits per heavy atom. The van der Waals surface area contributed by atoms with Crippen LogP contribution in [-0.4, -0.2) is 50.5 Å². The van der Waals surface area contributed by atoms with Crippen LogP contribution in [0.1, 0.15) is 29.5 Å². The summed E-state index contributed by atoms with van der Waals surface area (Å²) in [5, 5.41) is 7.65. The molecule has 3 amide bonds. The topological polar surface area (TPSA) is 102 Å². The summed E-state index contributed by atoms with van der Waals surface area (Å²) in [6, 6.07) is 18.5. The third-order valence-electron chi connectivity index (χ3n) is 6.75. The highest BCUT2D eigenvalue weighted by Gasteiger charge is 2.32. The monoisotopic (exact) mass is 622 g/mol. The van der Waals surface area contributed by atoms with Crippen LogP contribution < -0.4 is 15.0 Å². The van der Waals surface area contributed by atoms with Crippen LogP contribution in [0.4, 0.5) is 23.7 Å². The van der Waals surface area contributed by atoms with Gasteiger partial charge >= 0.3 is 12.4 Å². The van der Waals surface area contributed by atoms with E-state index in [0.717, 1.165) is 47.2 Å². The third-order valence-corrected chi connectivity index (χ3v) is 7.67. The van der Waals surface area contributed by atoms with Gasteiger partial charge in [0, 0.05) is 12.1 Å². The Balaban J connectivity index is 1.11. The van der Waals surface area contributed by atoms with Crippen molar-refractivity contribution in [2.75, 3.05) is 17.2 Å². The molecule has 1 aliphatic heterocycles. The molecule has 0 aliphatic carbocycles. The second-order valence-electron chi connectivity index (χ2n) is 10.1. The van der Waals surface area contributed by atoms with Gasteiger partial charge in [0.25, 0.3) is 0 Å². The van der Waals surface area contributed by atoms with Crippen LogP contribution >= 0.6 is 11.8 Å². The van der Waals surface area contributed by atoms with Gasteiger partial charge in [-0.05, 0) is 86.2 Å². The molecular formula is C31H29F3N6O3S. The number of benzene rings is 3. The lowest BCUT2D eigenvalue weighted by Gasteiger charge is -2.19. The van der Waals surface area contributed by atoms with E-state index in [9.17, 15) is 22.8 Å². The molecule has 1 fully saturated rings. The number of thioether (sulfide) groups is 1. The number of hydrogen-bond acceptors (Lipinski definition) is 6. The van der Waals surface area contributed by atoms with Crippen LogP contribution in [0.2, 0.25) is 0 Å². The fourth-order valence-corrected chi connectivity index (χ4v) is 5.46. The zero-order valence-electron chi connectivity index (χ0n) is 24.0. The fraction of sp³-hybridized carbons (Fsp3) is 0.258. The number of nitrogens with one attached hydrogen (secondary N) is 1. The van der Waals surface area contributed by atoms with Gasteiger partial charge in [-0.1, -0.05) is 42.1 Å². The van der Waals surface area contributed by atoms with Crippen LogP contribution in [-0.2, 0) is 11.2 Å². The highest BCUT2D eigenvalue weighted by atomic mass is 32.2. The molecule has 2 heterocycles. The molecule has 5 rings (SSSR count). The normalized spacial score (nSPS) is 14.3. The van der Waals surface area contributed by atoms with Gasteiger partial charge in [-0.2, -0.15) is 4.99 Å². The summed E-state index contributed by atoms with van der Waals surface area (Å²) in [7, 11) is 0. The van der Waals surface area contributed by atoms with E-state index in [2.05, 4.69) is 25.1 Å². The lowest BCUT2D eigenvalue weighted by Crippen LogP contribution is -2.32. The molecule has 0 atom stereocenters. The Morgan fingerprint density at radius 2 is 1.86 bits per heavy atom. The number of halogens is 3. The lowest BCUT2D eigenvalue weighted by atomic mass is 10.0. The number of carbonyl (C=O) groups is 2. The van der Waals surface area contributed by atoms with Crippen molar-refractivity contribution in [3.8, 4) is 22.8 Å². The van der Waals surface area contributed by atoms with Gasteiger partial charge in [0.15, 0.2) is 11.0 Å². The number of aromatic nitrogens is 3. The molecule has 1 aliphatic rings. The zero-order chi connectivity index (χ0) is 31.3. The second kappa shape index (κ2) is 13.3. The molecule has 1 aromatic heterocycles. The number of alkyl halides is 3. The molecule has 228 valence electrons. The number of anilines is 1. The predicted molar refractivity (Wildman–Crippen MR) is 163 cm³/mol. The van der Waals surface area contributed by atoms with Crippen LogP contribution in [0.5, 0.6) is 5.75 Å². The highest BCUT2D eigenvalue weighted by Crippen LogP contribution is 2.30. The summed E-state index contributed by atoms with van der Waals surface area (Å²) in [4.78, 5) is 35.1. The maximum Gasteiger partial charge on any atom is 0.573 e. The molecule has 3 aromatic carbocycles. The number of ether oxygens (including phenoxy) is 1. The van der Waals surface area contributed by atoms with Crippen molar-refractivity contribution in [3.05, 3.63) is 89.7 Å². The molecular weight excluding hydrogens is 593 g/mol. The maximum atomic E-state index is 12.5. The number of aliphatic imine (C=N–C) groups is 1.